The van der Waals surface area contributed by atoms with Crippen LogP contribution in [0.5, 0.6) is 0 Å². The van der Waals surface area contributed by atoms with Crippen LogP contribution in [0.25, 0.3) is 0 Å². The molecule has 0 aliphatic heterocycles. The number of fused-ring (bicyclic) bond motifs is 5. The van der Waals surface area contributed by atoms with Crippen molar-refractivity contribution in [3.05, 3.63) is 11.6 Å². The van der Waals surface area contributed by atoms with E-state index in [9.17, 15) is 19.5 Å². The molecule has 33 heavy (non-hydrogen) atoms. The van der Waals surface area contributed by atoms with Gasteiger partial charge in [0.2, 0.25) is 0 Å². The number of ether oxygens (including phenoxy) is 1. The fraction of sp³-hybridized carbons (Fsp3) is 0.815. The minimum absolute atomic E-state index is 0.00736. The molecule has 3 fully saturated rings. The Labute approximate surface area is 196 Å². The molecule has 5 nitrogen and oxygen atoms in total. The lowest BCUT2D eigenvalue weighted by Gasteiger charge is -2.64. The fourth-order valence-electron chi connectivity index (χ4n) is 8.76. The highest BCUT2D eigenvalue weighted by Crippen LogP contribution is 2.72. The topological polar surface area (TPSA) is 80.7 Å². The largest absolute Gasteiger partial charge is 0.450 e. The predicted molar refractivity (Wildman–Crippen MR) is 122 cm³/mol. The SMILES string of the molecule is CCCC(=O)O[C@]1(C(C)=O)[C@H](C)C[C@H]2[C@@H]3C[C@H](C)C4=CC(=O)CC[C@]4(C)[C@@]3(F)[C@@H](O)C[C@@]21C. The number of carbonyl (C=O) groups excluding carboxylic acids is 3. The summed E-state index contributed by atoms with van der Waals surface area (Å²) in [6, 6.07) is 0. The zero-order valence-electron chi connectivity index (χ0n) is 20.9. The van der Waals surface area contributed by atoms with Crippen LogP contribution < -0.4 is 0 Å². The quantitative estimate of drug-likeness (QED) is 0.610. The van der Waals surface area contributed by atoms with Crippen LogP contribution in [0, 0.1) is 34.5 Å². The lowest BCUT2D eigenvalue weighted by Crippen LogP contribution is -2.70. The molecule has 0 heterocycles. The van der Waals surface area contributed by atoms with Crippen LogP contribution in [-0.2, 0) is 19.1 Å². The lowest BCUT2D eigenvalue weighted by atomic mass is 9.42. The van der Waals surface area contributed by atoms with E-state index < -0.39 is 40.1 Å². The second kappa shape index (κ2) is 7.73. The summed E-state index contributed by atoms with van der Waals surface area (Å²) < 4.78 is 23.4. The predicted octanol–water partition coefficient (Wildman–Crippen LogP) is 4.74. The van der Waals surface area contributed by atoms with Crippen molar-refractivity contribution in [1.82, 2.24) is 0 Å². The summed E-state index contributed by atoms with van der Waals surface area (Å²) in [6.45, 7) is 11.1. The summed E-state index contributed by atoms with van der Waals surface area (Å²) >= 11 is 0. The highest BCUT2D eigenvalue weighted by molar-refractivity contribution is 5.92. The molecule has 3 saturated carbocycles. The maximum atomic E-state index is 17.4. The summed E-state index contributed by atoms with van der Waals surface area (Å²) in [6.07, 6.45) is 2.94. The minimum atomic E-state index is -1.89. The van der Waals surface area contributed by atoms with Crippen molar-refractivity contribution in [3.63, 3.8) is 0 Å². The Balaban J connectivity index is 1.84. The molecule has 4 aliphatic rings. The van der Waals surface area contributed by atoms with E-state index >= 15 is 4.39 Å². The molecule has 0 bridgehead atoms. The average Bonchev–Trinajstić information content (AvgIpc) is 2.94. The Morgan fingerprint density at radius 2 is 1.88 bits per heavy atom. The Morgan fingerprint density at radius 1 is 1.21 bits per heavy atom. The van der Waals surface area contributed by atoms with Crippen LogP contribution in [0.3, 0.4) is 0 Å². The molecule has 6 heteroatoms. The van der Waals surface area contributed by atoms with Gasteiger partial charge in [-0.05, 0) is 56.9 Å². The molecule has 4 aliphatic carbocycles. The average molecular weight is 463 g/mol. The van der Waals surface area contributed by atoms with Gasteiger partial charge in [0.1, 0.15) is 5.67 Å². The molecule has 1 N–H and O–H groups in total. The van der Waals surface area contributed by atoms with Crippen molar-refractivity contribution in [3.8, 4) is 0 Å². The first-order valence-corrected chi connectivity index (χ1v) is 12.6. The summed E-state index contributed by atoms with van der Waals surface area (Å²) in [5.74, 6) is -1.56. The summed E-state index contributed by atoms with van der Waals surface area (Å²) in [5, 5.41) is 11.5. The monoisotopic (exact) mass is 462 g/mol. The van der Waals surface area contributed by atoms with Crippen molar-refractivity contribution in [2.45, 2.75) is 104 Å². The van der Waals surface area contributed by atoms with Crippen molar-refractivity contribution >= 4 is 17.5 Å². The van der Waals surface area contributed by atoms with E-state index in [1.807, 2.05) is 34.6 Å². The van der Waals surface area contributed by atoms with Crippen molar-refractivity contribution in [2.75, 3.05) is 0 Å². The summed E-state index contributed by atoms with van der Waals surface area (Å²) in [5.41, 5.74) is -4.22. The molecule has 0 aromatic carbocycles. The standard InChI is InChI=1S/C27H39FO5/c1-7-8-23(32)33-27(17(4)29)16(3)12-20-21-11-15(2)19-13-18(30)9-10-24(19,5)26(21,28)22(31)14-25(20,27)6/h13,15-16,20-22,31H,7-12,14H2,1-6H3/t15-,16+,20-,21-,22-,24-,25-,26-,27-/m0/s1. The van der Waals surface area contributed by atoms with E-state index in [1.54, 1.807) is 6.08 Å². The number of rotatable bonds is 4. The first kappa shape index (κ1) is 24.6. The smallest absolute Gasteiger partial charge is 0.306 e. The molecular weight excluding hydrogens is 423 g/mol. The number of hydrogen-bond acceptors (Lipinski definition) is 5. The van der Waals surface area contributed by atoms with Gasteiger partial charge in [-0.3, -0.25) is 14.4 Å². The van der Waals surface area contributed by atoms with Crippen LogP contribution in [0.1, 0.15) is 86.5 Å². The van der Waals surface area contributed by atoms with Gasteiger partial charge >= 0.3 is 5.97 Å². The van der Waals surface area contributed by atoms with Crippen LogP contribution >= 0.6 is 0 Å². The number of Topliss-reactive ketones (excluding diaryl/α,β-unsaturated/α-hetero) is 1. The number of carbonyl (C=O) groups is 3. The van der Waals surface area contributed by atoms with Gasteiger partial charge < -0.3 is 9.84 Å². The molecular formula is C27H39FO5. The van der Waals surface area contributed by atoms with Gasteiger partial charge in [0.05, 0.1) is 6.10 Å². The molecule has 0 aromatic heterocycles. The van der Waals surface area contributed by atoms with E-state index in [2.05, 4.69) is 0 Å². The number of halogens is 1. The van der Waals surface area contributed by atoms with Gasteiger partial charge in [-0.2, -0.15) is 0 Å². The lowest BCUT2D eigenvalue weighted by molar-refractivity contribution is -0.237. The number of ketones is 2. The third kappa shape index (κ3) is 2.94. The fourth-order valence-corrected chi connectivity index (χ4v) is 8.76. The Morgan fingerprint density at radius 3 is 2.48 bits per heavy atom. The first-order chi connectivity index (χ1) is 15.3. The van der Waals surface area contributed by atoms with Crippen molar-refractivity contribution < 1.29 is 28.6 Å². The van der Waals surface area contributed by atoms with Gasteiger partial charge in [-0.1, -0.05) is 40.2 Å². The molecule has 0 saturated heterocycles. The zero-order chi connectivity index (χ0) is 24.6. The summed E-state index contributed by atoms with van der Waals surface area (Å²) in [4.78, 5) is 38.1. The minimum Gasteiger partial charge on any atom is -0.450 e. The molecule has 0 aromatic rings. The summed E-state index contributed by atoms with van der Waals surface area (Å²) in [7, 11) is 0. The van der Waals surface area contributed by atoms with Crippen LogP contribution in [0.15, 0.2) is 11.6 Å². The van der Waals surface area contributed by atoms with Crippen molar-refractivity contribution in [1.29, 1.82) is 0 Å². The van der Waals surface area contributed by atoms with Gasteiger partial charge in [-0.15, -0.1) is 0 Å². The molecule has 184 valence electrons. The number of esters is 1. The maximum Gasteiger partial charge on any atom is 0.306 e. The zero-order valence-corrected chi connectivity index (χ0v) is 20.9. The number of allylic oxidation sites excluding steroid dienone is 1. The Hall–Kier alpha value is -1.56. The Bertz CT molecular complexity index is 912. The van der Waals surface area contributed by atoms with Crippen LogP contribution in [0.4, 0.5) is 4.39 Å². The molecule has 0 spiro atoms. The van der Waals surface area contributed by atoms with Crippen molar-refractivity contribution in [2.24, 2.45) is 34.5 Å². The van der Waals surface area contributed by atoms with Crippen LogP contribution in [-0.4, -0.2) is 40.0 Å². The molecule has 4 rings (SSSR count). The Kier molecular flexibility index (Phi) is 5.75. The molecule has 0 unspecified atom stereocenters. The molecule has 0 radical (unpaired) electrons. The van der Waals surface area contributed by atoms with E-state index in [1.165, 1.54) is 6.92 Å². The van der Waals surface area contributed by atoms with E-state index in [0.29, 0.717) is 25.7 Å². The number of aliphatic hydroxyl groups is 1. The number of hydrogen-bond donors (Lipinski definition) is 1. The third-order valence-electron chi connectivity index (χ3n) is 10.2. The van der Waals surface area contributed by atoms with Gasteiger partial charge in [0.15, 0.2) is 17.2 Å². The third-order valence-corrected chi connectivity index (χ3v) is 10.2. The number of alkyl halides is 1. The van der Waals surface area contributed by atoms with E-state index in [-0.39, 0.29) is 48.6 Å². The normalized spacial score (nSPS) is 48.9. The van der Waals surface area contributed by atoms with E-state index in [4.69, 9.17) is 4.74 Å². The second-order valence-electron chi connectivity index (χ2n) is 11.8. The van der Waals surface area contributed by atoms with Gasteiger partial charge in [0, 0.05) is 35.5 Å². The second-order valence-corrected chi connectivity index (χ2v) is 11.8. The van der Waals surface area contributed by atoms with Gasteiger partial charge in [0.25, 0.3) is 0 Å². The van der Waals surface area contributed by atoms with Gasteiger partial charge in [-0.25, -0.2) is 4.39 Å². The van der Waals surface area contributed by atoms with Crippen LogP contribution in [0.2, 0.25) is 0 Å². The number of aliphatic hydroxyl groups excluding tert-OH is 1. The highest BCUT2D eigenvalue weighted by atomic mass is 19.1. The first-order valence-electron chi connectivity index (χ1n) is 12.6. The highest BCUT2D eigenvalue weighted by Gasteiger charge is 2.77. The molecule has 9 atom stereocenters. The maximum absolute atomic E-state index is 17.4. The molecule has 0 amide bonds. The van der Waals surface area contributed by atoms with E-state index in [0.717, 1.165) is 5.57 Å².